The summed E-state index contributed by atoms with van der Waals surface area (Å²) < 4.78 is 5.81. The molecule has 0 aliphatic carbocycles. The molecule has 0 bridgehead atoms. The average molecular weight is 365 g/mol. The maximum absolute atomic E-state index is 6.20. The summed E-state index contributed by atoms with van der Waals surface area (Å²) in [5.41, 5.74) is 7.17. The van der Waals surface area contributed by atoms with Gasteiger partial charge in [0, 0.05) is 20.6 Å². The minimum atomic E-state index is 0.220. The van der Waals surface area contributed by atoms with Gasteiger partial charge in [-0.3, -0.25) is 0 Å². The van der Waals surface area contributed by atoms with Crippen molar-refractivity contribution >= 4 is 46.4 Å². The van der Waals surface area contributed by atoms with Crippen molar-refractivity contribution in [3.8, 4) is 5.75 Å². The Balaban J connectivity index is 2.27. The van der Waals surface area contributed by atoms with Crippen LogP contribution in [0.5, 0.6) is 5.75 Å². The SMILES string of the molecule is NCCc1cc(Cl)cc(Cl)c1OCc1c(Cl)cccc1Cl. The third kappa shape index (κ3) is 4.18. The number of halogens is 4. The lowest BCUT2D eigenvalue weighted by molar-refractivity contribution is 0.303. The molecule has 0 spiro atoms. The molecule has 2 rings (SSSR count). The third-order valence-electron chi connectivity index (χ3n) is 2.92. The van der Waals surface area contributed by atoms with Crippen LogP contribution < -0.4 is 10.5 Å². The van der Waals surface area contributed by atoms with Crippen LogP contribution in [0.2, 0.25) is 20.1 Å². The zero-order chi connectivity index (χ0) is 15.4. The number of rotatable bonds is 5. The topological polar surface area (TPSA) is 35.2 Å². The highest BCUT2D eigenvalue weighted by atomic mass is 35.5. The lowest BCUT2D eigenvalue weighted by atomic mass is 10.1. The molecular weight excluding hydrogens is 352 g/mol. The van der Waals surface area contributed by atoms with Crippen molar-refractivity contribution in [1.29, 1.82) is 0 Å². The lowest BCUT2D eigenvalue weighted by Crippen LogP contribution is -2.06. The molecule has 6 heteroatoms. The summed E-state index contributed by atoms with van der Waals surface area (Å²) in [5.74, 6) is 0.558. The Morgan fingerprint density at radius 3 is 2.24 bits per heavy atom. The van der Waals surface area contributed by atoms with E-state index in [1.165, 1.54) is 0 Å². The summed E-state index contributed by atoms with van der Waals surface area (Å²) in [7, 11) is 0. The number of ether oxygens (including phenoxy) is 1. The minimum absolute atomic E-state index is 0.220. The Labute approximate surface area is 143 Å². The average Bonchev–Trinajstić information content (AvgIpc) is 2.40. The van der Waals surface area contributed by atoms with E-state index in [1.807, 2.05) is 0 Å². The van der Waals surface area contributed by atoms with Gasteiger partial charge in [0.15, 0.2) is 0 Å². The van der Waals surface area contributed by atoms with E-state index < -0.39 is 0 Å². The van der Waals surface area contributed by atoms with Gasteiger partial charge in [-0.05, 0) is 42.8 Å². The van der Waals surface area contributed by atoms with Crippen molar-refractivity contribution in [3.63, 3.8) is 0 Å². The van der Waals surface area contributed by atoms with Crippen molar-refractivity contribution in [2.24, 2.45) is 5.73 Å². The molecule has 0 atom stereocenters. The summed E-state index contributed by atoms with van der Waals surface area (Å²) in [6.07, 6.45) is 0.617. The van der Waals surface area contributed by atoms with E-state index >= 15 is 0 Å². The second-order valence-corrected chi connectivity index (χ2v) is 6.06. The van der Waals surface area contributed by atoms with Gasteiger partial charge in [-0.15, -0.1) is 0 Å². The molecule has 2 aromatic carbocycles. The number of hydrogen-bond donors (Lipinski definition) is 1. The minimum Gasteiger partial charge on any atom is -0.487 e. The normalized spacial score (nSPS) is 10.7. The molecule has 2 N–H and O–H groups in total. The highest BCUT2D eigenvalue weighted by Gasteiger charge is 2.13. The van der Waals surface area contributed by atoms with Gasteiger partial charge in [0.05, 0.1) is 5.02 Å². The molecule has 21 heavy (non-hydrogen) atoms. The standard InChI is InChI=1S/C15H13Cl4NO/c16-10-6-9(4-5-20)15(14(19)7-10)21-8-11-12(17)2-1-3-13(11)18/h1-3,6-7H,4-5,8,20H2. The molecule has 0 radical (unpaired) electrons. The molecular formula is C15H13Cl4NO. The molecule has 2 aromatic rings. The van der Waals surface area contributed by atoms with Crippen LogP contribution in [0.1, 0.15) is 11.1 Å². The van der Waals surface area contributed by atoms with Gasteiger partial charge in [-0.25, -0.2) is 0 Å². The maximum atomic E-state index is 6.20. The third-order valence-corrected chi connectivity index (χ3v) is 4.13. The molecule has 0 aromatic heterocycles. The zero-order valence-corrected chi connectivity index (χ0v) is 14.0. The Bertz CT molecular complexity index is 626. The first-order valence-electron chi connectivity index (χ1n) is 6.26. The van der Waals surface area contributed by atoms with E-state index in [9.17, 15) is 0 Å². The molecule has 0 unspecified atom stereocenters. The Hall–Kier alpha value is -0.640. The fraction of sp³-hybridized carbons (Fsp3) is 0.200. The van der Waals surface area contributed by atoms with Crippen LogP contribution in [0.4, 0.5) is 0 Å². The van der Waals surface area contributed by atoms with E-state index in [0.717, 1.165) is 5.56 Å². The Kier molecular flexibility index (Phi) is 6.03. The van der Waals surface area contributed by atoms with Crippen LogP contribution in [-0.4, -0.2) is 6.54 Å². The van der Waals surface area contributed by atoms with E-state index in [1.54, 1.807) is 30.3 Å². The molecule has 0 saturated carbocycles. The molecule has 0 aliphatic heterocycles. The number of nitrogens with two attached hydrogens (primary N) is 1. The maximum Gasteiger partial charge on any atom is 0.141 e. The van der Waals surface area contributed by atoms with Gasteiger partial charge in [0.1, 0.15) is 12.4 Å². The van der Waals surface area contributed by atoms with Gasteiger partial charge < -0.3 is 10.5 Å². The molecule has 112 valence electrons. The van der Waals surface area contributed by atoms with Crippen LogP contribution in [0.3, 0.4) is 0 Å². The molecule has 0 heterocycles. The second-order valence-electron chi connectivity index (χ2n) is 4.40. The second kappa shape index (κ2) is 7.57. The van der Waals surface area contributed by atoms with Crippen molar-refractivity contribution in [2.75, 3.05) is 6.54 Å². The zero-order valence-electron chi connectivity index (χ0n) is 11.0. The highest BCUT2D eigenvalue weighted by Crippen LogP contribution is 2.34. The number of benzene rings is 2. The Morgan fingerprint density at radius 1 is 0.952 bits per heavy atom. The van der Waals surface area contributed by atoms with Gasteiger partial charge >= 0.3 is 0 Å². The van der Waals surface area contributed by atoms with E-state index in [0.29, 0.717) is 44.4 Å². The summed E-state index contributed by atoms with van der Waals surface area (Å²) in [6.45, 7) is 0.692. The predicted molar refractivity (Wildman–Crippen MR) is 90.0 cm³/mol. The van der Waals surface area contributed by atoms with Gasteiger partial charge in [-0.2, -0.15) is 0 Å². The van der Waals surface area contributed by atoms with Gasteiger partial charge in [-0.1, -0.05) is 52.5 Å². The van der Waals surface area contributed by atoms with Crippen LogP contribution in [0, 0.1) is 0 Å². The fourth-order valence-corrected chi connectivity index (χ4v) is 3.03. The van der Waals surface area contributed by atoms with E-state index in [4.69, 9.17) is 56.9 Å². The first-order valence-corrected chi connectivity index (χ1v) is 7.77. The van der Waals surface area contributed by atoms with Crippen molar-refractivity contribution < 1.29 is 4.74 Å². The quantitative estimate of drug-likeness (QED) is 0.772. The van der Waals surface area contributed by atoms with E-state index in [-0.39, 0.29) is 6.61 Å². The van der Waals surface area contributed by atoms with Crippen LogP contribution in [0.25, 0.3) is 0 Å². The fourth-order valence-electron chi connectivity index (χ4n) is 1.93. The number of hydrogen-bond acceptors (Lipinski definition) is 2. The molecule has 2 nitrogen and oxygen atoms in total. The highest BCUT2D eigenvalue weighted by molar-refractivity contribution is 6.36. The van der Waals surface area contributed by atoms with Crippen LogP contribution in [-0.2, 0) is 13.0 Å². The summed E-state index contributed by atoms with van der Waals surface area (Å²) >= 11 is 24.4. The lowest BCUT2D eigenvalue weighted by Gasteiger charge is -2.15. The summed E-state index contributed by atoms with van der Waals surface area (Å²) in [4.78, 5) is 0. The smallest absolute Gasteiger partial charge is 0.141 e. The molecule has 0 aliphatic rings. The van der Waals surface area contributed by atoms with Crippen LogP contribution >= 0.6 is 46.4 Å². The first-order chi connectivity index (χ1) is 10.0. The first kappa shape index (κ1) is 16.7. The summed E-state index contributed by atoms with van der Waals surface area (Å²) in [5, 5.41) is 2.08. The molecule has 0 fully saturated rings. The van der Waals surface area contributed by atoms with Gasteiger partial charge in [0.25, 0.3) is 0 Å². The Morgan fingerprint density at radius 2 is 1.62 bits per heavy atom. The predicted octanol–water partition coefficient (Wildman–Crippen LogP) is 5.38. The van der Waals surface area contributed by atoms with E-state index in [2.05, 4.69) is 0 Å². The van der Waals surface area contributed by atoms with Crippen molar-refractivity contribution in [2.45, 2.75) is 13.0 Å². The van der Waals surface area contributed by atoms with Crippen molar-refractivity contribution in [1.82, 2.24) is 0 Å². The molecule has 0 saturated heterocycles. The van der Waals surface area contributed by atoms with Crippen molar-refractivity contribution in [3.05, 3.63) is 61.5 Å². The summed E-state index contributed by atoms with van der Waals surface area (Å²) in [6, 6.07) is 8.73. The largest absolute Gasteiger partial charge is 0.487 e. The van der Waals surface area contributed by atoms with Crippen LogP contribution in [0.15, 0.2) is 30.3 Å². The molecule has 0 amide bonds. The van der Waals surface area contributed by atoms with Gasteiger partial charge in [0.2, 0.25) is 0 Å². The monoisotopic (exact) mass is 363 g/mol.